The van der Waals surface area contributed by atoms with Gasteiger partial charge in [0.15, 0.2) is 0 Å². The van der Waals surface area contributed by atoms with Crippen LogP contribution < -0.4 is 0 Å². The molecule has 4 bridgehead atoms. The Morgan fingerprint density at radius 2 is 1.68 bits per heavy atom. The lowest BCUT2D eigenvalue weighted by Gasteiger charge is -2.60. The molecule has 0 amide bonds. The van der Waals surface area contributed by atoms with Gasteiger partial charge in [-0.1, -0.05) is 13.8 Å². The van der Waals surface area contributed by atoms with Crippen molar-refractivity contribution in [2.45, 2.75) is 71.3 Å². The normalized spacial score (nSPS) is 40.7. The Kier molecular flexibility index (Phi) is 4.82. The van der Waals surface area contributed by atoms with E-state index in [1.807, 2.05) is 13.8 Å². The summed E-state index contributed by atoms with van der Waals surface area (Å²) in [6.45, 7) is 7.57. The molecule has 0 aromatic heterocycles. The van der Waals surface area contributed by atoms with Gasteiger partial charge in [-0.05, 0) is 69.1 Å². The summed E-state index contributed by atoms with van der Waals surface area (Å²) in [6.07, 6.45) is 8.27. The highest BCUT2D eigenvalue weighted by molar-refractivity contribution is 5.72. The monoisotopic (exact) mass is 308 g/mol. The predicted octanol–water partition coefficient (Wildman–Crippen LogP) is 4.20. The Morgan fingerprint density at radius 1 is 1.09 bits per heavy atom. The minimum absolute atomic E-state index is 0.0150. The molecule has 0 aromatic rings. The Hall–Kier alpha value is -0.570. The lowest BCUT2D eigenvalue weighted by molar-refractivity contribution is -0.218. The standard InChI is InChI=1S/C19H32O3/c1-4-13(3)18(20)22-19(6-7-21-5-2)16-9-14-8-15(11-16)12-17(19)10-14/h13-17H,4-12H2,1-3H3. The van der Waals surface area contributed by atoms with Gasteiger partial charge in [-0.25, -0.2) is 0 Å². The molecule has 0 aromatic carbocycles. The highest BCUT2D eigenvalue weighted by Crippen LogP contribution is 2.60. The average Bonchev–Trinajstić information content (AvgIpc) is 2.50. The topological polar surface area (TPSA) is 35.5 Å². The molecule has 3 nitrogen and oxygen atoms in total. The molecule has 126 valence electrons. The molecular weight excluding hydrogens is 276 g/mol. The molecule has 0 aliphatic heterocycles. The minimum Gasteiger partial charge on any atom is -0.458 e. The Morgan fingerprint density at radius 3 is 2.18 bits per heavy atom. The van der Waals surface area contributed by atoms with Crippen LogP contribution in [0.15, 0.2) is 0 Å². The van der Waals surface area contributed by atoms with Gasteiger partial charge in [0.1, 0.15) is 5.60 Å². The van der Waals surface area contributed by atoms with Crippen molar-refractivity contribution in [3.8, 4) is 0 Å². The van der Waals surface area contributed by atoms with Crippen molar-refractivity contribution < 1.29 is 14.3 Å². The van der Waals surface area contributed by atoms with Crippen molar-refractivity contribution in [1.82, 2.24) is 0 Å². The van der Waals surface area contributed by atoms with Crippen LogP contribution in [0.25, 0.3) is 0 Å². The Balaban J connectivity index is 1.78. The van der Waals surface area contributed by atoms with Crippen LogP contribution in [-0.2, 0) is 14.3 Å². The fraction of sp³-hybridized carbons (Fsp3) is 0.947. The second kappa shape index (κ2) is 6.51. The van der Waals surface area contributed by atoms with Gasteiger partial charge in [0.25, 0.3) is 0 Å². The number of rotatable bonds is 7. The van der Waals surface area contributed by atoms with E-state index in [0.29, 0.717) is 11.8 Å². The van der Waals surface area contributed by atoms with E-state index < -0.39 is 0 Å². The van der Waals surface area contributed by atoms with Gasteiger partial charge >= 0.3 is 5.97 Å². The van der Waals surface area contributed by atoms with Crippen molar-refractivity contribution in [2.75, 3.05) is 13.2 Å². The number of carbonyl (C=O) groups excluding carboxylic acids is 1. The van der Waals surface area contributed by atoms with Gasteiger partial charge in [0.05, 0.1) is 12.5 Å². The first-order valence-corrected chi connectivity index (χ1v) is 9.39. The molecule has 1 atom stereocenters. The third-order valence-electron chi connectivity index (χ3n) is 6.67. The van der Waals surface area contributed by atoms with Crippen LogP contribution in [0.1, 0.15) is 65.7 Å². The molecule has 0 radical (unpaired) electrons. The maximum absolute atomic E-state index is 12.5. The van der Waals surface area contributed by atoms with Crippen LogP contribution in [0.3, 0.4) is 0 Å². The molecule has 0 N–H and O–H groups in total. The lowest BCUT2D eigenvalue weighted by atomic mass is 9.49. The molecule has 0 saturated heterocycles. The zero-order valence-corrected chi connectivity index (χ0v) is 14.5. The number of hydrogen-bond donors (Lipinski definition) is 0. The fourth-order valence-electron chi connectivity index (χ4n) is 5.44. The minimum atomic E-state index is -0.219. The number of carbonyl (C=O) groups is 1. The second-order valence-corrected chi connectivity index (χ2v) is 7.94. The first kappa shape index (κ1) is 16.3. The van der Waals surface area contributed by atoms with Crippen LogP contribution in [0.5, 0.6) is 0 Å². The van der Waals surface area contributed by atoms with Gasteiger partial charge in [-0.2, -0.15) is 0 Å². The van der Waals surface area contributed by atoms with Crippen molar-refractivity contribution in [3.05, 3.63) is 0 Å². The van der Waals surface area contributed by atoms with E-state index >= 15 is 0 Å². The quantitative estimate of drug-likeness (QED) is 0.522. The molecule has 22 heavy (non-hydrogen) atoms. The van der Waals surface area contributed by atoms with Crippen molar-refractivity contribution in [3.63, 3.8) is 0 Å². The summed E-state index contributed by atoms with van der Waals surface area (Å²) in [6, 6.07) is 0. The number of esters is 1. The van der Waals surface area contributed by atoms with Crippen molar-refractivity contribution in [2.24, 2.45) is 29.6 Å². The van der Waals surface area contributed by atoms with Crippen molar-refractivity contribution >= 4 is 5.97 Å². The van der Waals surface area contributed by atoms with Crippen LogP contribution in [0, 0.1) is 29.6 Å². The summed E-state index contributed by atoms with van der Waals surface area (Å²) >= 11 is 0. The van der Waals surface area contributed by atoms with E-state index in [1.54, 1.807) is 0 Å². The van der Waals surface area contributed by atoms with Crippen LogP contribution in [-0.4, -0.2) is 24.8 Å². The summed E-state index contributed by atoms with van der Waals surface area (Å²) in [5.41, 5.74) is -0.219. The maximum Gasteiger partial charge on any atom is 0.309 e. The summed E-state index contributed by atoms with van der Waals surface area (Å²) in [7, 11) is 0. The third-order valence-corrected chi connectivity index (χ3v) is 6.67. The van der Waals surface area contributed by atoms with Gasteiger partial charge in [-0.15, -0.1) is 0 Å². The Bertz CT molecular complexity index is 375. The molecule has 4 rings (SSSR count). The van der Waals surface area contributed by atoms with Crippen LogP contribution in [0.4, 0.5) is 0 Å². The highest BCUT2D eigenvalue weighted by atomic mass is 16.6. The molecule has 4 aliphatic carbocycles. The largest absolute Gasteiger partial charge is 0.458 e. The second-order valence-electron chi connectivity index (χ2n) is 7.94. The Labute approximate surface area is 135 Å². The van der Waals surface area contributed by atoms with E-state index in [1.165, 1.54) is 32.1 Å². The fourth-order valence-corrected chi connectivity index (χ4v) is 5.44. The number of hydrogen-bond acceptors (Lipinski definition) is 3. The highest BCUT2D eigenvalue weighted by Gasteiger charge is 2.59. The third kappa shape index (κ3) is 2.81. The van der Waals surface area contributed by atoms with E-state index in [-0.39, 0.29) is 17.5 Å². The molecule has 3 heteroatoms. The molecular formula is C19H32O3. The maximum atomic E-state index is 12.5. The summed E-state index contributed by atoms with van der Waals surface area (Å²) in [5.74, 6) is 2.98. The number of ether oxygens (including phenoxy) is 2. The summed E-state index contributed by atoms with van der Waals surface area (Å²) in [5, 5.41) is 0. The van der Waals surface area contributed by atoms with E-state index in [2.05, 4.69) is 6.92 Å². The van der Waals surface area contributed by atoms with Gasteiger partial charge in [0, 0.05) is 13.0 Å². The van der Waals surface area contributed by atoms with Crippen LogP contribution in [0.2, 0.25) is 0 Å². The predicted molar refractivity (Wildman–Crippen MR) is 86.4 cm³/mol. The SMILES string of the molecule is CCOCCC1(OC(=O)C(C)CC)C2CC3CC(C2)CC1C3. The molecule has 0 heterocycles. The zero-order chi connectivity index (χ0) is 15.7. The van der Waals surface area contributed by atoms with Gasteiger partial charge < -0.3 is 9.47 Å². The molecule has 4 saturated carbocycles. The summed E-state index contributed by atoms with van der Waals surface area (Å²) in [4.78, 5) is 12.5. The van der Waals surface area contributed by atoms with E-state index in [9.17, 15) is 4.79 Å². The average molecular weight is 308 g/mol. The van der Waals surface area contributed by atoms with Crippen LogP contribution >= 0.6 is 0 Å². The first-order valence-electron chi connectivity index (χ1n) is 9.39. The van der Waals surface area contributed by atoms with Crippen molar-refractivity contribution in [1.29, 1.82) is 0 Å². The van der Waals surface area contributed by atoms with Gasteiger partial charge in [0.2, 0.25) is 0 Å². The smallest absolute Gasteiger partial charge is 0.309 e. The molecule has 4 fully saturated rings. The summed E-state index contributed by atoms with van der Waals surface area (Å²) < 4.78 is 11.9. The zero-order valence-electron chi connectivity index (χ0n) is 14.5. The first-order chi connectivity index (χ1) is 10.6. The lowest BCUT2D eigenvalue weighted by Crippen LogP contribution is -2.60. The van der Waals surface area contributed by atoms with Gasteiger partial charge in [-0.3, -0.25) is 4.79 Å². The van der Waals surface area contributed by atoms with E-state index in [0.717, 1.165) is 37.9 Å². The van der Waals surface area contributed by atoms with E-state index in [4.69, 9.17) is 9.47 Å². The molecule has 4 aliphatic rings. The molecule has 0 spiro atoms. The molecule has 1 unspecified atom stereocenters.